The van der Waals surface area contributed by atoms with E-state index in [9.17, 15) is 14.0 Å². The lowest BCUT2D eigenvalue weighted by Gasteiger charge is -2.19. The summed E-state index contributed by atoms with van der Waals surface area (Å²) in [5.74, 6) is -0.812. The van der Waals surface area contributed by atoms with Gasteiger partial charge in [-0.2, -0.15) is 0 Å². The quantitative estimate of drug-likeness (QED) is 0.714. The van der Waals surface area contributed by atoms with Crippen LogP contribution >= 0.6 is 22.9 Å². The van der Waals surface area contributed by atoms with Gasteiger partial charge in [0.2, 0.25) is 5.91 Å². The summed E-state index contributed by atoms with van der Waals surface area (Å²) in [7, 11) is 1.53. The average Bonchev–Trinajstić information content (AvgIpc) is 3.03. The molecule has 0 spiro atoms. The number of rotatable bonds is 4. The van der Waals surface area contributed by atoms with E-state index in [1.54, 1.807) is 17.5 Å². The highest BCUT2D eigenvalue weighted by atomic mass is 35.5. The third-order valence-corrected chi connectivity index (χ3v) is 4.81. The fraction of sp³-hybridized carbons (Fsp3) is 0.188. The van der Waals surface area contributed by atoms with Crippen molar-refractivity contribution in [3.05, 3.63) is 62.7 Å². The summed E-state index contributed by atoms with van der Waals surface area (Å²) in [6.07, 6.45) is 1.35. The number of hydrogen-bond acceptors (Lipinski definition) is 4. The zero-order chi connectivity index (χ0) is 17.3. The largest absolute Gasteiger partial charge is 0.340 e. The molecule has 0 unspecified atom stereocenters. The van der Waals surface area contributed by atoms with Crippen molar-refractivity contribution in [3.8, 4) is 0 Å². The van der Waals surface area contributed by atoms with Gasteiger partial charge in [0, 0.05) is 24.2 Å². The van der Waals surface area contributed by atoms with Crippen molar-refractivity contribution < 1.29 is 9.18 Å². The number of benzene rings is 1. The molecule has 1 amide bonds. The summed E-state index contributed by atoms with van der Waals surface area (Å²) < 4.78 is 15.1. The van der Waals surface area contributed by atoms with Crippen LogP contribution in [-0.2, 0) is 17.9 Å². The molecule has 0 aliphatic heterocycles. The Morgan fingerprint density at radius 1 is 1.42 bits per heavy atom. The minimum atomic E-state index is -0.472. The van der Waals surface area contributed by atoms with Crippen LogP contribution in [0.2, 0.25) is 5.02 Å². The molecule has 0 radical (unpaired) electrons. The number of halogens is 2. The smallest absolute Gasteiger partial charge is 0.262 e. The summed E-state index contributed by atoms with van der Waals surface area (Å²) in [5, 5.41) is 2.51. The highest BCUT2D eigenvalue weighted by molar-refractivity contribution is 7.16. The van der Waals surface area contributed by atoms with Crippen LogP contribution < -0.4 is 5.56 Å². The molecule has 2 heterocycles. The van der Waals surface area contributed by atoms with Gasteiger partial charge in [0.25, 0.3) is 5.56 Å². The Morgan fingerprint density at radius 3 is 2.96 bits per heavy atom. The van der Waals surface area contributed by atoms with E-state index in [4.69, 9.17) is 11.6 Å². The van der Waals surface area contributed by atoms with E-state index >= 15 is 0 Å². The van der Waals surface area contributed by atoms with E-state index in [0.29, 0.717) is 10.2 Å². The maximum Gasteiger partial charge on any atom is 0.262 e. The first-order valence-corrected chi connectivity index (χ1v) is 8.32. The molecular weight excluding hydrogens is 353 g/mol. The number of carbonyl (C=O) groups excluding carboxylic acids is 1. The van der Waals surface area contributed by atoms with Gasteiger partial charge in [0.15, 0.2) is 0 Å². The molecule has 8 heteroatoms. The Labute approximate surface area is 145 Å². The highest BCUT2D eigenvalue weighted by Gasteiger charge is 2.16. The molecule has 0 saturated heterocycles. The molecule has 3 aromatic rings. The Balaban J connectivity index is 1.78. The molecule has 0 aliphatic carbocycles. The van der Waals surface area contributed by atoms with E-state index < -0.39 is 5.82 Å². The lowest BCUT2D eigenvalue weighted by Crippen LogP contribution is -2.33. The van der Waals surface area contributed by atoms with Crippen molar-refractivity contribution in [2.75, 3.05) is 7.05 Å². The standard InChI is InChI=1S/C16H13ClFN3O2S/c1-20(7-11-12(17)3-2-4-13(11)18)14(22)8-21-9-19-15-10(16(21)23)5-6-24-15/h2-6,9H,7-8H2,1H3. The third kappa shape index (κ3) is 3.18. The Hall–Kier alpha value is -2.25. The molecule has 0 atom stereocenters. The summed E-state index contributed by atoms with van der Waals surface area (Å²) >= 11 is 7.34. The molecule has 2 aromatic heterocycles. The van der Waals surface area contributed by atoms with Crippen molar-refractivity contribution in [2.24, 2.45) is 0 Å². The van der Waals surface area contributed by atoms with E-state index in [2.05, 4.69) is 4.98 Å². The second kappa shape index (κ2) is 6.70. The molecule has 0 fully saturated rings. The van der Waals surface area contributed by atoms with Gasteiger partial charge in [-0.15, -0.1) is 11.3 Å². The van der Waals surface area contributed by atoms with E-state index in [-0.39, 0.29) is 35.1 Å². The van der Waals surface area contributed by atoms with Gasteiger partial charge in [-0.05, 0) is 23.6 Å². The predicted octanol–water partition coefficient (Wildman–Crippen LogP) is 2.91. The van der Waals surface area contributed by atoms with Crippen molar-refractivity contribution in [2.45, 2.75) is 13.1 Å². The topological polar surface area (TPSA) is 55.2 Å². The van der Waals surface area contributed by atoms with Gasteiger partial charge in [-0.25, -0.2) is 9.37 Å². The highest BCUT2D eigenvalue weighted by Crippen LogP contribution is 2.20. The van der Waals surface area contributed by atoms with Crippen LogP contribution in [0.1, 0.15) is 5.56 Å². The molecule has 0 aliphatic rings. The molecule has 124 valence electrons. The van der Waals surface area contributed by atoms with E-state index in [0.717, 1.165) is 0 Å². The molecule has 5 nitrogen and oxygen atoms in total. The summed E-state index contributed by atoms with van der Waals surface area (Å²) in [6, 6.07) is 6.04. The first kappa shape index (κ1) is 16.6. The number of nitrogens with zero attached hydrogens (tertiary/aromatic N) is 3. The molecule has 1 aromatic carbocycles. The lowest BCUT2D eigenvalue weighted by atomic mass is 10.2. The van der Waals surface area contributed by atoms with Crippen molar-refractivity contribution in [1.82, 2.24) is 14.5 Å². The second-order valence-corrected chi connectivity index (χ2v) is 6.57. The van der Waals surface area contributed by atoms with Crippen LogP contribution in [0.5, 0.6) is 0 Å². The van der Waals surface area contributed by atoms with E-state index in [1.807, 2.05) is 0 Å². The molecule has 0 N–H and O–H groups in total. The minimum absolute atomic E-state index is 0.0210. The van der Waals surface area contributed by atoms with Gasteiger partial charge in [0.1, 0.15) is 17.2 Å². The molecular formula is C16H13ClFN3O2S. The molecule has 24 heavy (non-hydrogen) atoms. The van der Waals surface area contributed by atoms with Crippen molar-refractivity contribution in [1.29, 1.82) is 0 Å². The van der Waals surface area contributed by atoms with Gasteiger partial charge in [-0.3, -0.25) is 14.2 Å². The summed E-state index contributed by atoms with van der Waals surface area (Å²) in [5.41, 5.74) is -0.0271. The maximum absolute atomic E-state index is 13.8. The van der Waals surface area contributed by atoms with E-state index in [1.165, 1.54) is 46.3 Å². The van der Waals surface area contributed by atoms with Crippen LogP contribution in [0.3, 0.4) is 0 Å². The number of amides is 1. The number of fused-ring (bicyclic) bond motifs is 1. The van der Waals surface area contributed by atoms with Crippen LogP contribution in [0.25, 0.3) is 10.2 Å². The first-order valence-electron chi connectivity index (χ1n) is 7.07. The van der Waals surface area contributed by atoms with Crippen molar-refractivity contribution in [3.63, 3.8) is 0 Å². The summed E-state index contributed by atoms with van der Waals surface area (Å²) in [6.45, 7) is -0.145. The van der Waals surface area contributed by atoms with Crippen LogP contribution in [0, 0.1) is 5.82 Å². The first-order chi connectivity index (χ1) is 11.5. The number of hydrogen-bond donors (Lipinski definition) is 0. The minimum Gasteiger partial charge on any atom is -0.340 e. The van der Waals surface area contributed by atoms with Gasteiger partial charge < -0.3 is 4.90 Å². The molecule has 0 saturated carbocycles. The monoisotopic (exact) mass is 365 g/mol. The fourth-order valence-electron chi connectivity index (χ4n) is 2.28. The average molecular weight is 366 g/mol. The predicted molar refractivity (Wildman–Crippen MR) is 91.8 cm³/mol. The second-order valence-electron chi connectivity index (χ2n) is 5.27. The third-order valence-electron chi connectivity index (χ3n) is 3.64. The van der Waals surface area contributed by atoms with Gasteiger partial charge in [0.05, 0.1) is 11.7 Å². The lowest BCUT2D eigenvalue weighted by molar-refractivity contribution is -0.131. The SMILES string of the molecule is CN(Cc1c(F)cccc1Cl)C(=O)Cn1cnc2sccc2c1=O. The number of likely N-dealkylation sites (N-methyl/N-ethyl adjacent to an activating group) is 1. The number of carbonyl (C=O) groups is 1. The molecule has 0 bridgehead atoms. The Morgan fingerprint density at radius 2 is 2.21 bits per heavy atom. The van der Waals surface area contributed by atoms with Crippen LogP contribution in [-0.4, -0.2) is 27.4 Å². The van der Waals surface area contributed by atoms with Crippen molar-refractivity contribution >= 4 is 39.1 Å². The van der Waals surface area contributed by atoms with Gasteiger partial charge >= 0.3 is 0 Å². The normalized spacial score (nSPS) is 11.0. The fourth-order valence-corrected chi connectivity index (χ4v) is 3.23. The number of thiophene rings is 1. The zero-order valence-electron chi connectivity index (χ0n) is 12.7. The van der Waals surface area contributed by atoms with Crippen LogP contribution in [0.4, 0.5) is 4.39 Å². The Kier molecular flexibility index (Phi) is 4.64. The number of aromatic nitrogens is 2. The Bertz CT molecular complexity index is 949. The van der Waals surface area contributed by atoms with Gasteiger partial charge in [-0.1, -0.05) is 17.7 Å². The maximum atomic E-state index is 13.8. The zero-order valence-corrected chi connectivity index (χ0v) is 14.3. The van der Waals surface area contributed by atoms with Crippen LogP contribution in [0.15, 0.2) is 40.8 Å². The summed E-state index contributed by atoms with van der Waals surface area (Å²) in [4.78, 5) is 30.8. The molecule has 3 rings (SSSR count).